The minimum atomic E-state index is -0.235. The van der Waals surface area contributed by atoms with Crippen molar-refractivity contribution in [3.63, 3.8) is 0 Å². The monoisotopic (exact) mass is 239 g/mol. The quantitative estimate of drug-likeness (QED) is 0.324. The van der Waals surface area contributed by atoms with E-state index in [1.807, 2.05) is 13.0 Å². The number of urea groups is 1. The summed E-state index contributed by atoms with van der Waals surface area (Å²) in [4.78, 5) is 11.3. The number of carbonyl (C=O) groups is 1. The molecule has 4 heteroatoms. The van der Waals surface area contributed by atoms with Crippen LogP contribution in [0.2, 0.25) is 0 Å². The van der Waals surface area contributed by atoms with Crippen LogP contribution >= 0.6 is 0 Å². The molecule has 0 aliphatic rings. The SMILES string of the molecule is CCNC(=O)N(N)C/C=C(\C)CCC=C(C)C. The number of amides is 2. The molecule has 4 nitrogen and oxygen atoms in total. The van der Waals surface area contributed by atoms with Gasteiger partial charge in [0.1, 0.15) is 0 Å². The van der Waals surface area contributed by atoms with Crippen molar-refractivity contribution in [2.45, 2.75) is 40.5 Å². The minimum Gasteiger partial charge on any atom is -0.337 e. The van der Waals surface area contributed by atoms with E-state index in [1.165, 1.54) is 16.2 Å². The molecule has 0 spiro atoms. The summed E-state index contributed by atoms with van der Waals surface area (Å²) in [5.74, 6) is 5.59. The van der Waals surface area contributed by atoms with Crippen LogP contribution in [0, 0.1) is 0 Å². The van der Waals surface area contributed by atoms with Crippen molar-refractivity contribution >= 4 is 6.03 Å². The van der Waals surface area contributed by atoms with Crippen molar-refractivity contribution in [2.75, 3.05) is 13.1 Å². The normalized spacial score (nSPS) is 11.0. The smallest absolute Gasteiger partial charge is 0.331 e. The van der Waals surface area contributed by atoms with Crippen molar-refractivity contribution < 1.29 is 4.79 Å². The van der Waals surface area contributed by atoms with Gasteiger partial charge < -0.3 is 5.32 Å². The minimum absolute atomic E-state index is 0.235. The van der Waals surface area contributed by atoms with Crippen molar-refractivity contribution in [1.82, 2.24) is 10.3 Å². The summed E-state index contributed by atoms with van der Waals surface area (Å²) >= 11 is 0. The first-order chi connectivity index (χ1) is 7.97. The van der Waals surface area contributed by atoms with Gasteiger partial charge in [-0.2, -0.15) is 0 Å². The van der Waals surface area contributed by atoms with Crippen LogP contribution in [0.3, 0.4) is 0 Å². The number of nitrogens with zero attached hydrogens (tertiary/aromatic N) is 1. The predicted octanol–water partition coefficient (Wildman–Crippen LogP) is 2.58. The molecule has 0 radical (unpaired) electrons. The van der Waals surface area contributed by atoms with Gasteiger partial charge in [0.15, 0.2) is 0 Å². The summed E-state index contributed by atoms with van der Waals surface area (Å²) in [7, 11) is 0. The van der Waals surface area contributed by atoms with Gasteiger partial charge >= 0.3 is 6.03 Å². The van der Waals surface area contributed by atoms with Crippen LogP contribution in [-0.2, 0) is 0 Å². The fraction of sp³-hybridized carbons (Fsp3) is 0.615. The zero-order valence-corrected chi connectivity index (χ0v) is 11.4. The van der Waals surface area contributed by atoms with Gasteiger partial charge in [-0.1, -0.05) is 23.3 Å². The number of allylic oxidation sites excluding steroid dienone is 3. The standard InChI is InChI=1S/C13H25N3O/c1-5-15-13(17)16(14)10-9-12(4)8-6-7-11(2)3/h7,9H,5-6,8,10,14H2,1-4H3,(H,15,17)/b12-9+. The van der Waals surface area contributed by atoms with Gasteiger partial charge in [0.05, 0.1) is 6.54 Å². The largest absolute Gasteiger partial charge is 0.337 e. The Kier molecular flexibility index (Phi) is 8.15. The van der Waals surface area contributed by atoms with Crippen LogP contribution in [0.25, 0.3) is 0 Å². The van der Waals surface area contributed by atoms with E-state index in [1.54, 1.807) is 0 Å². The molecule has 0 unspecified atom stereocenters. The lowest BCUT2D eigenvalue weighted by atomic mass is 10.1. The average Bonchev–Trinajstić information content (AvgIpc) is 2.25. The Bertz CT molecular complexity index is 291. The van der Waals surface area contributed by atoms with Gasteiger partial charge in [0, 0.05) is 6.54 Å². The van der Waals surface area contributed by atoms with E-state index < -0.39 is 0 Å². The van der Waals surface area contributed by atoms with Crippen LogP contribution in [-0.4, -0.2) is 24.1 Å². The molecule has 0 atom stereocenters. The first-order valence-corrected chi connectivity index (χ1v) is 6.06. The van der Waals surface area contributed by atoms with Gasteiger partial charge in [-0.25, -0.2) is 10.6 Å². The zero-order valence-electron chi connectivity index (χ0n) is 11.4. The lowest BCUT2D eigenvalue weighted by Crippen LogP contribution is -2.44. The second-order valence-electron chi connectivity index (χ2n) is 4.36. The number of hydrogen-bond acceptors (Lipinski definition) is 2. The molecule has 0 aromatic carbocycles. The topological polar surface area (TPSA) is 58.4 Å². The highest BCUT2D eigenvalue weighted by Gasteiger charge is 2.04. The molecule has 0 rings (SSSR count). The van der Waals surface area contributed by atoms with Crippen LogP contribution < -0.4 is 11.2 Å². The Morgan fingerprint density at radius 1 is 1.29 bits per heavy atom. The number of nitrogens with one attached hydrogen (secondary N) is 1. The second-order valence-corrected chi connectivity index (χ2v) is 4.36. The highest BCUT2D eigenvalue weighted by molar-refractivity contribution is 5.73. The van der Waals surface area contributed by atoms with E-state index in [2.05, 4.69) is 32.2 Å². The fourth-order valence-corrected chi connectivity index (χ4v) is 1.28. The van der Waals surface area contributed by atoms with Crippen LogP contribution in [0.5, 0.6) is 0 Å². The molecule has 0 aliphatic heterocycles. The lowest BCUT2D eigenvalue weighted by Gasteiger charge is -2.15. The number of carbonyl (C=O) groups excluding carboxylic acids is 1. The van der Waals surface area contributed by atoms with Crippen molar-refractivity contribution in [1.29, 1.82) is 0 Å². The summed E-state index contributed by atoms with van der Waals surface area (Å²) in [6.45, 7) is 9.16. The molecule has 0 aromatic rings. The van der Waals surface area contributed by atoms with Gasteiger partial charge in [-0.05, 0) is 40.5 Å². The third-order valence-electron chi connectivity index (χ3n) is 2.32. The van der Waals surface area contributed by atoms with Crippen molar-refractivity contribution in [3.8, 4) is 0 Å². The summed E-state index contributed by atoms with van der Waals surface area (Å²) in [5.41, 5.74) is 2.59. The summed E-state index contributed by atoms with van der Waals surface area (Å²) in [5, 5.41) is 3.84. The van der Waals surface area contributed by atoms with Crippen LogP contribution in [0.15, 0.2) is 23.3 Å². The summed E-state index contributed by atoms with van der Waals surface area (Å²) in [6.07, 6.45) is 6.25. The maximum atomic E-state index is 11.3. The number of nitrogens with two attached hydrogens (primary N) is 1. The van der Waals surface area contributed by atoms with E-state index in [0.29, 0.717) is 13.1 Å². The molecule has 0 heterocycles. The highest BCUT2D eigenvalue weighted by Crippen LogP contribution is 2.06. The maximum absolute atomic E-state index is 11.3. The molecular formula is C13H25N3O. The first-order valence-electron chi connectivity index (χ1n) is 6.06. The Labute approximate surface area is 105 Å². The molecule has 2 amide bonds. The molecular weight excluding hydrogens is 214 g/mol. The molecule has 3 N–H and O–H groups in total. The van der Waals surface area contributed by atoms with E-state index in [-0.39, 0.29) is 6.03 Å². The zero-order chi connectivity index (χ0) is 13.3. The fourth-order valence-electron chi connectivity index (χ4n) is 1.28. The summed E-state index contributed by atoms with van der Waals surface area (Å²) < 4.78 is 0. The second kappa shape index (κ2) is 8.82. The number of hydrazine groups is 1. The van der Waals surface area contributed by atoms with Crippen LogP contribution in [0.1, 0.15) is 40.5 Å². The Hall–Kier alpha value is -1.29. The third-order valence-corrected chi connectivity index (χ3v) is 2.32. The molecule has 17 heavy (non-hydrogen) atoms. The lowest BCUT2D eigenvalue weighted by molar-refractivity contribution is 0.205. The Morgan fingerprint density at radius 2 is 1.94 bits per heavy atom. The highest BCUT2D eigenvalue weighted by atomic mass is 16.2. The average molecular weight is 239 g/mol. The first kappa shape index (κ1) is 15.7. The van der Waals surface area contributed by atoms with Crippen molar-refractivity contribution in [2.24, 2.45) is 5.84 Å². The van der Waals surface area contributed by atoms with Gasteiger partial charge in [0.2, 0.25) is 0 Å². The van der Waals surface area contributed by atoms with Gasteiger partial charge in [-0.15, -0.1) is 0 Å². The molecule has 0 fully saturated rings. The van der Waals surface area contributed by atoms with E-state index >= 15 is 0 Å². The molecule has 0 saturated heterocycles. The van der Waals surface area contributed by atoms with Crippen LogP contribution in [0.4, 0.5) is 4.79 Å². The number of hydrogen-bond donors (Lipinski definition) is 2. The third kappa shape index (κ3) is 8.51. The molecule has 0 aromatic heterocycles. The Morgan fingerprint density at radius 3 is 2.47 bits per heavy atom. The number of rotatable bonds is 6. The molecule has 0 saturated carbocycles. The van der Waals surface area contributed by atoms with E-state index in [0.717, 1.165) is 12.8 Å². The van der Waals surface area contributed by atoms with E-state index in [4.69, 9.17) is 5.84 Å². The van der Waals surface area contributed by atoms with Gasteiger partial charge in [0.25, 0.3) is 0 Å². The van der Waals surface area contributed by atoms with Crippen molar-refractivity contribution in [3.05, 3.63) is 23.3 Å². The maximum Gasteiger partial charge on any atom is 0.331 e. The van der Waals surface area contributed by atoms with Gasteiger partial charge in [-0.3, -0.25) is 5.01 Å². The van der Waals surface area contributed by atoms with E-state index in [9.17, 15) is 4.79 Å². The predicted molar refractivity (Wildman–Crippen MR) is 72.4 cm³/mol. The molecule has 98 valence electrons. The molecule has 0 bridgehead atoms. The Balaban J connectivity index is 3.97. The molecule has 0 aliphatic carbocycles. The summed E-state index contributed by atoms with van der Waals surface area (Å²) in [6, 6.07) is -0.235.